The third kappa shape index (κ3) is 4.40. The van der Waals surface area contributed by atoms with Crippen molar-refractivity contribution in [1.82, 2.24) is 10.2 Å². The molecular weight excluding hydrogens is 350 g/mol. The number of halogens is 1. The number of likely N-dealkylation sites (tertiary alicyclic amines) is 1. The number of nitrogens with one attached hydrogen (secondary N) is 1. The number of benzene rings is 1. The second-order valence-electron chi connectivity index (χ2n) is 6.22. The van der Waals surface area contributed by atoms with Gasteiger partial charge in [0.1, 0.15) is 0 Å². The number of nitrogens with zero attached hydrogens (tertiary/aromatic N) is 2. The Hall–Kier alpha value is -1.31. The van der Waals surface area contributed by atoms with Gasteiger partial charge in [0.25, 0.3) is 5.69 Å². The topological polar surface area (TPSA) is 75.5 Å². The summed E-state index contributed by atoms with van der Waals surface area (Å²) in [6.07, 6.45) is 3.40. The smallest absolute Gasteiger partial charge is 0.269 e. The third-order valence-corrected chi connectivity index (χ3v) is 5.64. The fraction of sp³-hybridized carbons (Fsp3) is 0.562. The Balaban J connectivity index is 0.00000208. The predicted octanol–water partition coefficient (Wildman–Crippen LogP) is 2.85. The molecule has 2 fully saturated rings. The molecule has 0 radical (unpaired) electrons. The highest BCUT2D eigenvalue weighted by Gasteiger charge is 2.32. The first-order valence-corrected chi connectivity index (χ1v) is 8.87. The first kappa shape index (κ1) is 19.0. The van der Waals surface area contributed by atoms with Crippen molar-refractivity contribution in [3.05, 3.63) is 34.4 Å². The fourth-order valence-corrected chi connectivity index (χ4v) is 4.25. The largest absolute Gasteiger partial charge is 0.340 e. The van der Waals surface area contributed by atoms with E-state index in [0.717, 1.165) is 30.8 Å². The van der Waals surface area contributed by atoms with Crippen molar-refractivity contribution < 1.29 is 9.72 Å². The molecular formula is C16H22ClN3O3S. The number of carbonyl (C=O) groups is 1. The van der Waals surface area contributed by atoms with Crippen LogP contribution >= 0.6 is 24.2 Å². The Morgan fingerprint density at radius 3 is 2.62 bits per heavy atom. The van der Waals surface area contributed by atoms with Gasteiger partial charge in [-0.05, 0) is 38.3 Å². The van der Waals surface area contributed by atoms with Crippen LogP contribution in [0.5, 0.6) is 0 Å². The average Bonchev–Trinajstić information content (AvgIpc) is 2.86. The van der Waals surface area contributed by atoms with E-state index in [-0.39, 0.29) is 29.3 Å². The molecule has 2 bridgehead atoms. The van der Waals surface area contributed by atoms with Gasteiger partial charge >= 0.3 is 0 Å². The molecule has 1 aromatic rings. The number of fused-ring (bicyclic) bond motifs is 2. The molecule has 1 aromatic carbocycles. The summed E-state index contributed by atoms with van der Waals surface area (Å²) in [7, 11) is 0. The molecule has 8 heteroatoms. The molecule has 2 saturated heterocycles. The average molecular weight is 372 g/mol. The molecule has 0 spiro atoms. The van der Waals surface area contributed by atoms with E-state index in [0.29, 0.717) is 12.1 Å². The summed E-state index contributed by atoms with van der Waals surface area (Å²) in [5.41, 5.74) is 0.0722. The molecule has 2 aliphatic heterocycles. The molecule has 3 atom stereocenters. The number of non-ortho nitro benzene ring substituents is 1. The summed E-state index contributed by atoms with van der Waals surface area (Å²) in [5, 5.41) is 14.1. The lowest BCUT2D eigenvalue weighted by Gasteiger charge is -2.27. The Labute approximate surface area is 151 Å². The van der Waals surface area contributed by atoms with Gasteiger partial charge in [-0.2, -0.15) is 0 Å². The van der Waals surface area contributed by atoms with Gasteiger partial charge in [0.15, 0.2) is 0 Å². The quantitative estimate of drug-likeness (QED) is 0.500. The van der Waals surface area contributed by atoms with E-state index >= 15 is 0 Å². The first-order valence-electron chi connectivity index (χ1n) is 7.99. The number of thioether (sulfide) groups is 1. The van der Waals surface area contributed by atoms with Crippen LogP contribution in [0.4, 0.5) is 5.69 Å². The summed E-state index contributed by atoms with van der Waals surface area (Å²) in [5.74, 6) is 0.155. The third-order valence-electron chi connectivity index (χ3n) is 4.54. The van der Waals surface area contributed by atoms with Crippen LogP contribution in [0.25, 0.3) is 0 Å². The monoisotopic (exact) mass is 371 g/mol. The molecule has 2 aliphatic rings. The van der Waals surface area contributed by atoms with Gasteiger partial charge in [-0.15, -0.1) is 24.2 Å². The normalized spacial score (nSPS) is 24.0. The van der Waals surface area contributed by atoms with Gasteiger partial charge < -0.3 is 10.2 Å². The highest BCUT2D eigenvalue weighted by Crippen LogP contribution is 2.28. The van der Waals surface area contributed by atoms with Gasteiger partial charge in [0.05, 0.1) is 10.2 Å². The van der Waals surface area contributed by atoms with Crippen molar-refractivity contribution in [2.24, 2.45) is 0 Å². The molecule has 0 aliphatic carbocycles. The number of nitro groups is 1. The van der Waals surface area contributed by atoms with E-state index in [1.807, 2.05) is 11.8 Å². The number of carbonyl (C=O) groups excluding carboxylic acids is 1. The van der Waals surface area contributed by atoms with Crippen LogP contribution in [-0.2, 0) is 4.79 Å². The van der Waals surface area contributed by atoms with E-state index in [4.69, 9.17) is 0 Å². The Morgan fingerprint density at radius 1 is 1.29 bits per heavy atom. The van der Waals surface area contributed by atoms with Gasteiger partial charge in [0.2, 0.25) is 5.91 Å². The van der Waals surface area contributed by atoms with Gasteiger partial charge in [-0.1, -0.05) is 0 Å². The lowest BCUT2D eigenvalue weighted by Crippen LogP contribution is -2.42. The first-order chi connectivity index (χ1) is 11.0. The van der Waals surface area contributed by atoms with E-state index in [2.05, 4.69) is 5.32 Å². The van der Waals surface area contributed by atoms with Crippen molar-refractivity contribution >= 4 is 35.8 Å². The number of rotatable bonds is 4. The molecule has 0 saturated carbocycles. The van der Waals surface area contributed by atoms with E-state index in [9.17, 15) is 14.9 Å². The number of hydrogen-bond acceptors (Lipinski definition) is 5. The minimum atomic E-state index is -0.414. The van der Waals surface area contributed by atoms with Crippen LogP contribution in [0.1, 0.15) is 26.2 Å². The molecule has 2 heterocycles. The zero-order valence-corrected chi connectivity index (χ0v) is 15.1. The Bertz CT molecular complexity index is 599. The maximum atomic E-state index is 12.7. The minimum absolute atomic E-state index is 0. The lowest BCUT2D eigenvalue weighted by molar-refractivity contribution is -0.384. The van der Waals surface area contributed by atoms with Crippen molar-refractivity contribution in [2.45, 2.75) is 48.4 Å². The van der Waals surface area contributed by atoms with Crippen LogP contribution in [-0.4, -0.2) is 46.2 Å². The molecule has 6 nitrogen and oxygen atoms in total. The molecule has 0 aromatic heterocycles. The summed E-state index contributed by atoms with van der Waals surface area (Å²) >= 11 is 1.46. The summed E-state index contributed by atoms with van der Waals surface area (Å²) in [6.45, 7) is 3.52. The molecule has 24 heavy (non-hydrogen) atoms. The van der Waals surface area contributed by atoms with Crippen LogP contribution < -0.4 is 5.32 Å². The van der Waals surface area contributed by atoms with Crippen molar-refractivity contribution in [3.63, 3.8) is 0 Å². The molecule has 3 unspecified atom stereocenters. The highest BCUT2D eigenvalue weighted by molar-refractivity contribution is 8.00. The van der Waals surface area contributed by atoms with Crippen LogP contribution in [0.15, 0.2) is 29.2 Å². The molecule has 1 amide bonds. The Morgan fingerprint density at radius 2 is 1.96 bits per heavy atom. The zero-order valence-electron chi connectivity index (χ0n) is 13.5. The molecule has 3 rings (SSSR count). The van der Waals surface area contributed by atoms with Crippen LogP contribution in [0.3, 0.4) is 0 Å². The van der Waals surface area contributed by atoms with E-state index in [1.54, 1.807) is 12.1 Å². The van der Waals surface area contributed by atoms with Gasteiger partial charge in [-0.3, -0.25) is 14.9 Å². The van der Waals surface area contributed by atoms with Crippen molar-refractivity contribution in [2.75, 3.05) is 13.1 Å². The lowest BCUT2D eigenvalue weighted by atomic mass is 10.1. The SMILES string of the molecule is CC(Sc1ccc([N+](=O)[O-])cc1)C(=O)N1CCC2CCC(C1)N2.Cl. The van der Waals surface area contributed by atoms with Crippen LogP contribution in [0, 0.1) is 10.1 Å². The summed E-state index contributed by atoms with van der Waals surface area (Å²) in [4.78, 5) is 25.8. The predicted molar refractivity (Wildman–Crippen MR) is 96.8 cm³/mol. The molecule has 1 N–H and O–H groups in total. The standard InChI is InChI=1S/C16H21N3O3S.ClH/c1-11(23-15-6-4-14(5-7-15)19(21)22)16(20)18-9-8-12-2-3-13(10-18)17-12;/h4-7,11-13,17H,2-3,8-10H2,1H3;1H. The second-order valence-corrected chi connectivity index (χ2v) is 7.64. The number of hydrogen-bond donors (Lipinski definition) is 1. The fourth-order valence-electron chi connectivity index (χ4n) is 3.30. The van der Waals surface area contributed by atoms with Crippen LogP contribution in [0.2, 0.25) is 0 Å². The van der Waals surface area contributed by atoms with E-state index < -0.39 is 4.92 Å². The zero-order chi connectivity index (χ0) is 16.4. The van der Waals surface area contributed by atoms with Gasteiger partial charge in [-0.25, -0.2) is 0 Å². The minimum Gasteiger partial charge on any atom is -0.340 e. The Kier molecular flexibility index (Phi) is 6.48. The second kappa shape index (κ2) is 8.18. The number of amides is 1. The highest BCUT2D eigenvalue weighted by atomic mass is 35.5. The maximum Gasteiger partial charge on any atom is 0.269 e. The van der Waals surface area contributed by atoms with Crippen molar-refractivity contribution in [3.8, 4) is 0 Å². The van der Waals surface area contributed by atoms with Crippen molar-refractivity contribution in [1.29, 1.82) is 0 Å². The summed E-state index contributed by atoms with van der Waals surface area (Å²) in [6, 6.07) is 7.37. The van der Waals surface area contributed by atoms with Gasteiger partial charge in [0, 0.05) is 42.2 Å². The van der Waals surface area contributed by atoms with E-state index in [1.165, 1.54) is 30.3 Å². The summed E-state index contributed by atoms with van der Waals surface area (Å²) < 4.78 is 0. The number of nitro benzene ring substituents is 1. The maximum absolute atomic E-state index is 12.7. The molecule has 132 valence electrons.